The second-order valence-electron chi connectivity index (χ2n) is 7.37. The maximum Gasteiger partial charge on any atom is 0.573 e. The van der Waals surface area contributed by atoms with Crippen LogP contribution in [-0.2, 0) is 17.8 Å². The Kier molecular flexibility index (Phi) is 9.55. The van der Waals surface area contributed by atoms with Crippen LogP contribution in [-0.4, -0.2) is 50.5 Å². The third kappa shape index (κ3) is 8.56. The number of aromatic nitrogens is 1. The lowest BCUT2D eigenvalue weighted by Crippen LogP contribution is -2.28. The molecule has 0 saturated carbocycles. The summed E-state index contributed by atoms with van der Waals surface area (Å²) >= 11 is 1.21. The molecule has 3 rings (SSSR count). The van der Waals surface area contributed by atoms with Crippen LogP contribution >= 0.6 is 11.3 Å². The van der Waals surface area contributed by atoms with Crippen LogP contribution in [0.15, 0.2) is 47.8 Å². The summed E-state index contributed by atoms with van der Waals surface area (Å²) in [6, 6.07) is 10.2. The lowest BCUT2D eigenvalue weighted by molar-refractivity contribution is -0.274. The zero-order chi connectivity index (χ0) is 26.8. The summed E-state index contributed by atoms with van der Waals surface area (Å²) in [6.45, 7) is 0.0814. The highest BCUT2D eigenvalue weighted by Gasteiger charge is 2.31. The first kappa shape index (κ1) is 27.6. The largest absolute Gasteiger partial charge is 0.573 e. The highest BCUT2D eigenvalue weighted by atomic mass is 32.1. The number of nitrogens with one attached hydrogen (secondary N) is 2. The van der Waals surface area contributed by atoms with Crippen LogP contribution in [0.2, 0.25) is 0 Å². The molecule has 0 unspecified atom stereocenters. The predicted octanol–water partition coefficient (Wildman–Crippen LogP) is 3.73. The minimum atomic E-state index is -4.79. The van der Waals surface area contributed by atoms with Gasteiger partial charge in [-0.3, -0.25) is 9.59 Å². The van der Waals surface area contributed by atoms with Crippen LogP contribution in [0.25, 0.3) is 0 Å². The fraction of sp³-hybridized carbons (Fsp3) is 0.292. The Labute approximate surface area is 214 Å². The number of rotatable bonds is 12. The van der Waals surface area contributed by atoms with Gasteiger partial charge in [-0.15, -0.1) is 24.5 Å². The van der Waals surface area contributed by atoms with E-state index < -0.39 is 18.0 Å². The normalized spacial score (nSPS) is 10.9. The maximum absolute atomic E-state index is 12.4. The Morgan fingerprint density at radius 1 is 1.00 bits per heavy atom. The van der Waals surface area contributed by atoms with E-state index in [4.69, 9.17) is 14.2 Å². The summed E-state index contributed by atoms with van der Waals surface area (Å²) in [5.74, 6) is 0.206. The Morgan fingerprint density at radius 3 is 2.41 bits per heavy atom. The molecule has 198 valence electrons. The summed E-state index contributed by atoms with van der Waals surface area (Å²) in [7, 11) is 3.10. The van der Waals surface area contributed by atoms with E-state index in [9.17, 15) is 22.8 Å². The van der Waals surface area contributed by atoms with E-state index in [0.29, 0.717) is 29.5 Å². The molecule has 2 aromatic carbocycles. The SMILES string of the molecule is COc1cccc(CCNC(=O)c2csc(CNC(=O)COc3ccc(OC(F)(F)F)cc3)n2)c1OC. The lowest BCUT2D eigenvalue weighted by Gasteiger charge is -2.12. The number of carbonyl (C=O) groups excluding carboxylic acids is 2. The van der Waals surface area contributed by atoms with E-state index >= 15 is 0 Å². The van der Waals surface area contributed by atoms with Crippen molar-refractivity contribution in [1.29, 1.82) is 0 Å². The van der Waals surface area contributed by atoms with Crippen molar-refractivity contribution in [2.24, 2.45) is 0 Å². The number of hydrogen-bond donors (Lipinski definition) is 2. The number of halogens is 3. The zero-order valence-corrected chi connectivity index (χ0v) is 20.7. The molecule has 0 fully saturated rings. The van der Waals surface area contributed by atoms with E-state index in [1.165, 1.54) is 23.5 Å². The van der Waals surface area contributed by atoms with Crippen molar-refractivity contribution in [2.45, 2.75) is 19.3 Å². The Bertz CT molecular complexity index is 1200. The maximum atomic E-state index is 12.4. The number of carbonyl (C=O) groups is 2. The van der Waals surface area contributed by atoms with Gasteiger partial charge in [0.25, 0.3) is 11.8 Å². The molecule has 0 aliphatic heterocycles. The number of nitrogens with zero attached hydrogens (tertiary/aromatic N) is 1. The van der Waals surface area contributed by atoms with Gasteiger partial charge in [-0.1, -0.05) is 12.1 Å². The molecule has 1 heterocycles. The summed E-state index contributed by atoms with van der Waals surface area (Å²) in [5, 5.41) is 7.51. The van der Waals surface area contributed by atoms with Crippen molar-refractivity contribution in [2.75, 3.05) is 27.4 Å². The van der Waals surface area contributed by atoms with Crippen LogP contribution in [0.5, 0.6) is 23.0 Å². The van der Waals surface area contributed by atoms with Crippen LogP contribution in [0.4, 0.5) is 13.2 Å². The molecule has 0 bridgehead atoms. The molecule has 13 heteroatoms. The first-order chi connectivity index (χ1) is 17.7. The summed E-state index contributed by atoms with van der Waals surface area (Å²) in [5.41, 5.74) is 1.11. The molecule has 0 aliphatic rings. The minimum Gasteiger partial charge on any atom is -0.493 e. The fourth-order valence-electron chi connectivity index (χ4n) is 3.16. The topological polar surface area (TPSA) is 108 Å². The summed E-state index contributed by atoms with van der Waals surface area (Å²) in [4.78, 5) is 28.7. The third-order valence-electron chi connectivity index (χ3n) is 4.81. The van der Waals surface area contributed by atoms with Gasteiger partial charge in [0, 0.05) is 11.9 Å². The number of hydrogen-bond acceptors (Lipinski definition) is 8. The average Bonchev–Trinajstić information content (AvgIpc) is 3.35. The van der Waals surface area contributed by atoms with E-state index in [0.717, 1.165) is 17.7 Å². The van der Waals surface area contributed by atoms with Gasteiger partial charge < -0.3 is 29.6 Å². The Morgan fingerprint density at radius 2 is 1.73 bits per heavy atom. The zero-order valence-electron chi connectivity index (χ0n) is 19.9. The Balaban J connectivity index is 1.40. The molecule has 0 spiro atoms. The molecule has 0 aliphatic carbocycles. The van der Waals surface area contributed by atoms with E-state index in [-0.39, 0.29) is 30.5 Å². The molecular formula is C24H24F3N3O6S. The number of benzene rings is 2. The number of ether oxygens (including phenoxy) is 4. The van der Waals surface area contributed by atoms with Crippen LogP contribution in [0.1, 0.15) is 21.1 Å². The lowest BCUT2D eigenvalue weighted by atomic mass is 10.1. The van der Waals surface area contributed by atoms with Gasteiger partial charge in [-0.25, -0.2) is 4.98 Å². The van der Waals surface area contributed by atoms with Crippen LogP contribution < -0.4 is 29.6 Å². The molecule has 37 heavy (non-hydrogen) atoms. The smallest absolute Gasteiger partial charge is 0.493 e. The number of thiazole rings is 1. The van der Waals surface area contributed by atoms with Crippen molar-refractivity contribution in [3.8, 4) is 23.0 Å². The Hall–Kier alpha value is -4.00. The quantitative estimate of drug-likeness (QED) is 0.361. The van der Waals surface area contributed by atoms with Crippen molar-refractivity contribution in [3.63, 3.8) is 0 Å². The molecule has 1 aromatic heterocycles. The van der Waals surface area contributed by atoms with Gasteiger partial charge in [0.05, 0.1) is 20.8 Å². The van der Waals surface area contributed by atoms with Crippen molar-refractivity contribution < 1.29 is 41.7 Å². The van der Waals surface area contributed by atoms with Crippen molar-refractivity contribution >= 4 is 23.2 Å². The van der Waals surface area contributed by atoms with Crippen LogP contribution in [0, 0.1) is 0 Å². The fourth-order valence-corrected chi connectivity index (χ4v) is 3.87. The molecule has 9 nitrogen and oxygen atoms in total. The first-order valence-corrected chi connectivity index (χ1v) is 11.7. The number of alkyl halides is 3. The van der Waals surface area contributed by atoms with Gasteiger partial charge in [-0.2, -0.15) is 0 Å². The second kappa shape index (κ2) is 12.8. The second-order valence-corrected chi connectivity index (χ2v) is 8.31. The molecule has 3 aromatic rings. The van der Waals surface area contributed by atoms with Crippen LogP contribution in [0.3, 0.4) is 0 Å². The number of methoxy groups -OCH3 is 2. The van der Waals surface area contributed by atoms with E-state index in [2.05, 4.69) is 20.4 Å². The van der Waals surface area contributed by atoms with Gasteiger partial charge >= 0.3 is 6.36 Å². The summed E-state index contributed by atoms with van der Waals surface area (Å²) < 4.78 is 56.3. The highest BCUT2D eigenvalue weighted by molar-refractivity contribution is 7.09. The van der Waals surface area contributed by atoms with Crippen molar-refractivity contribution in [1.82, 2.24) is 15.6 Å². The standard InChI is InChI=1S/C24H24F3N3O6S/c1-33-19-5-3-4-15(22(19)34-2)10-11-28-23(32)18-14-37-21(30-18)12-29-20(31)13-35-16-6-8-17(9-7-16)36-24(25,26)27/h3-9,14H,10-13H2,1-2H3,(H,28,32)(H,29,31). The van der Waals surface area contributed by atoms with E-state index in [1.54, 1.807) is 25.7 Å². The number of para-hydroxylation sites is 1. The first-order valence-electron chi connectivity index (χ1n) is 10.9. The van der Waals surface area contributed by atoms with Gasteiger partial charge in [0.15, 0.2) is 18.1 Å². The van der Waals surface area contributed by atoms with E-state index in [1.807, 2.05) is 12.1 Å². The molecule has 2 amide bonds. The predicted molar refractivity (Wildman–Crippen MR) is 128 cm³/mol. The van der Waals surface area contributed by atoms with Gasteiger partial charge in [-0.05, 0) is 42.3 Å². The van der Waals surface area contributed by atoms with Gasteiger partial charge in [0.1, 0.15) is 22.2 Å². The number of amides is 2. The highest BCUT2D eigenvalue weighted by Crippen LogP contribution is 2.30. The molecule has 2 N–H and O–H groups in total. The minimum absolute atomic E-state index is 0.0828. The molecule has 0 radical (unpaired) electrons. The monoisotopic (exact) mass is 539 g/mol. The third-order valence-corrected chi connectivity index (χ3v) is 5.66. The van der Waals surface area contributed by atoms with Crippen molar-refractivity contribution in [3.05, 3.63) is 64.1 Å². The average molecular weight is 540 g/mol. The molecular weight excluding hydrogens is 515 g/mol. The molecule has 0 saturated heterocycles. The summed E-state index contributed by atoms with van der Waals surface area (Å²) in [6.07, 6.45) is -4.26. The molecule has 0 atom stereocenters. The van der Waals surface area contributed by atoms with Gasteiger partial charge in [0.2, 0.25) is 0 Å².